The number of aliphatic hydroxyl groups excluding tert-OH is 1. The van der Waals surface area contributed by atoms with Gasteiger partial charge in [-0.1, -0.05) is 0 Å². The van der Waals surface area contributed by atoms with E-state index in [1.165, 1.54) is 0 Å². The molecule has 3 heteroatoms. The molecule has 0 saturated carbocycles. The maximum absolute atomic E-state index is 8.46. The lowest BCUT2D eigenvalue weighted by Crippen LogP contribution is -1.97. The van der Waals surface area contributed by atoms with Crippen molar-refractivity contribution in [2.45, 2.75) is 6.42 Å². The first-order valence-electron chi connectivity index (χ1n) is 3.55. The van der Waals surface area contributed by atoms with E-state index >= 15 is 0 Å². The Morgan fingerprint density at radius 1 is 1.64 bits per heavy atom. The zero-order valence-corrected chi connectivity index (χ0v) is 6.23. The summed E-state index contributed by atoms with van der Waals surface area (Å²) in [6, 6.07) is 0. The minimum Gasteiger partial charge on any atom is -0.491 e. The molecule has 0 aliphatic carbocycles. The molecule has 1 rings (SSSR count). The fourth-order valence-electron chi connectivity index (χ4n) is 0.746. The Labute approximate surface area is 65.7 Å². The Morgan fingerprint density at radius 2 is 2.55 bits per heavy atom. The molecule has 0 amide bonds. The molecular formula is C8H11NO2. The molecule has 0 saturated heterocycles. The lowest BCUT2D eigenvalue weighted by molar-refractivity contribution is 0.152. The second-order valence-electron chi connectivity index (χ2n) is 2.06. The Kier molecular flexibility index (Phi) is 3.41. The van der Waals surface area contributed by atoms with Crippen molar-refractivity contribution in [1.82, 2.24) is 0 Å². The summed E-state index contributed by atoms with van der Waals surface area (Å²) in [5.74, 6) is 0.775. The van der Waals surface area contributed by atoms with Crippen molar-refractivity contribution in [3.8, 4) is 0 Å². The summed E-state index contributed by atoms with van der Waals surface area (Å²) in [7, 11) is 0. The summed E-state index contributed by atoms with van der Waals surface area (Å²) in [5.41, 5.74) is 0. The number of hydrogen-bond acceptors (Lipinski definition) is 3. The third-order valence-electron chi connectivity index (χ3n) is 1.21. The molecule has 0 aromatic heterocycles. The fourth-order valence-corrected chi connectivity index (χ4v) is 0.746. The van der Waals surface area contributed by atoms with Gasteiger partial charge in [-0.05, 0) is 12.2 Å². The second-order valence-corrected chi connectivity index (χ2v) is 2.06. The van der Waals surface area contributed by atoms with Gasteiger partial charge < -0.3 is 9.84 Å². The molecule has 0 radical (unpaired) electrons. The van der Waals surface area contributed by atoms with Gasteiger partial charge >= 0.3 is 0 Å². The summed E-state index contributed by atoms with van der Waals surface area (Å²) in [6.07, 6.45) is 7.96. The lowest BCUT2D eigenvalue weighted by Gasteiger charge is -2.02. The molecule has 0 spiro atoms. The van der Waals surface area contributed by atoms with Crippen LogP contribution >= 0.6 is 0 Å². The van der Waals surface area contributed by atoms with Crippen molar-refractivity contribution in [2.75, 3.05) is 13.2 Å². The van der Waals surface area contributed by atoms with Crippen molar-refractivity contribution in [3.05, 3.63) is 24.1 Å². The van der Waals surface area contributed by atoms with Gasteiger partial charge in [0.25, 0.3) is 0 Å². The highest BCUT2D eigenvalue weighted by molar-refractivity contribution is 5.61. The van der Waals surface area contributed by atoms with Crippen LogP contribution in [-0.2, 0) is 4.74 Å². The van der Waals surface area contributed by atoms with E-state index in [4.69, 9.17) is 9.84 Å². The Hall–Kier alpha value is -1.09. The van der Waals surface area contributed by atoms with E-state index in [1.807, 2.05) is 6.08 Å². The summed E-state index contributed by atoms with van der Waals surface area (Å²) < 4.78 is 5.16. The average molecular weight is 153 g/mol. The highest BCUT2D eigenvalue weighted by Crippen LogP contribution is 2.03. The fraction of sp³-hybridized carbons (Fsp3) is 0.375. The second kappa shape index (κ2) is 4.68. The van der Waals surface area contributed by atoms with Gasteiger partial charge in [0.1, 0.15) is 12.4 Å². The summed E-state index contributed by atoms with van der Waals surface area (Å²) in [5, 5.41) is 8.46. The normalized spacial score (nSPS) is 15.9. The summed E-state index contributed by atoms with van der Waals surface area (Å²) in [4.78, 5) is 3.93. The van der Waals surface area contributed by atoms with E-state index in [0.717, 1.165) is 12.2 Å². The van der Waals surface area contributed by atoms with E-state index in [0.29, 0.717) is 6.61 Å². The zero-order chi connectivity index (χ0) is 7.94. The molecule has 0 aromatic carbocycles. The standard InChI is InChI=1S/C8H11NO2/c10-6-7-11-8-2-1-4-9-5-3-8/h2-5,10H,1,6-7H2. The smallest absolute Gasteiger partial charge is 0.117 e. The predicted molar refractivity (Wildman–Crippen MR) is 43.4 cm³/mol. The Bertz CT molecular complexity index is 194. The monoisotopic (exact) mass is 153 g/mol. The van der Waals surface area contributed by atoms with Crippen LogP contribution in [0, 0.1) is 0 Å². The van der Waals surface area contributed by atoms with Crippen molar-refractivity contribution >= 4 is 6.21 Å². The van der Waals surface area contributed by atoms with Crippen LogP contribution in [0.5, 0.6) is 0 Å². The first-order valence-corrected chi connectivity index (χ1v) is 3.55. The SMILES string of the molecule is OCCOC1=CCC=NC=C1. The van der Waals surface area contributed by atoms with Gasteiger partial charge in [0.2, 0.25) is 0 Å². The molecule has 0 unspecified atom stereocenters. The molecular weight excluding hydrogens is 142 g/mol. The van der Waals surface area contributed by atoms with Gasteiger partial charge in [0, 0.05) is 18.8 Å². The maximum atomic E-state index is 8.46. The van der Waals surface area contributed by atoms with Crippen LogP contribution in [-0.4, -0.2) is 24.5 Å². The van der Waals surface area contributed by atoms with Gasteiger partial charge in [-0.25, -0.2) is 0 Å². The summed E-state index contributed by atoms with van der Waals surface area (Å²) in [6.45, 7) is 0.391. The number of aliphatic hydroxyl groups is 1. The molecule has 60 valence electrons. The molecule has 0 atom stereocenters. The van der Waals surface area contributed by atoms with Crippen molar-refractivity contribution < 1.29 is 9.84 Å². The van der Waals surface area contributed by atoms with Crippen molar-refractivity contribution in [1.29, 1.82) is 0 Å². The molecule has 0 bridgehead atoms. The quantitative estimate of drug-likeness (QED) is 0.653. The lowest BCUT2D eigenvalue weighted by atomic mass is 10.4. The minimum absolute atomic E-state index is 0.0477. The van der Waals surface area contributed by atoms with Gasteiger partial charge in [0.05, 0.1) is 6.61 Å². The van der Waals surface area contributed by atoms with Gasteiger partial charge in [0.15, 0.2) is 0 Å². The van der Waals surface area contributed by atoms with Crippen molar-refractivity contribution in [3.63, 3.8) is 0 Å². The topological polar surface area (TPSA) is 41.8 Å². The van der Waals surface area contributed by atoms with E-state index in [1.54, 1.807) is 18.5 Å². The van der Waals surface area contributed by atoms with Crippen LogP contribution in [0.25, 0.3) is 0 Å². The van der Waals surface area contributed by atoms with Crippen LogP contribution in [0.3, 0.4) is 0 Å². The first-order chi connectivity index (χ1) is 5.43. The van der Waals surface area contributed by atoms with Crippen LogP contribution in [0.1, 0.15) is 6.42 Å². The number of rotatable bonds is 3. The average Bonchev–Trinajstić information content (AvgIpc) is 2.28. The van der Waals surface area contributed by atoms with E-state index < -0.39 is 0 Å². The predicted octanol–water partition coefficient (Wildman–Crippen LogP) is 0.867. The highest BCUT2D eigenvalue weighted by Gasteiger charge is 1.92. The molecule has 0 aromatic rings. The number of allylic oxidation sites excluding steroid dienone is 2. The maximum Gasteiger partial charge on any atom is 0.117 e. The van der Waals surface area contributed by atoms with Crippen LogP contribution in [0.4, 0.5) is 0 Å². The molecule has 11 heavy (non-hydrogen) atoms. The molecule has 1 aliphatic rings. The van der Waals surface area contributed by atoms with Crippen molar-refractivity contribution in [2.24, 2.45) is 4.99 Å². The number of nitrogens with zero attached hydrogens (tertiary/aromatic N) is 1. The van der Waals surface area contributed by atoms with E-state index in [2.05, 4.69) is 4.99 Å². The van der Waals surface area contributed by atoms with Crippen LogP contribution in [0.2, 0.25) is 0 Å². The first kappa shape index (κ1) is 8.01. The van der Waals surface area contributed by atoms with Gasteiger partial charge in [-0.3, -0.25) is 4.99 Å². The molecule has 1 N–H and O–H groups in total. The third-order valence-corrected chi connectivity index (χ3v) is 1.21. The minimum atomic E-state index is 0.0477. The number of ether oxygens (including phenoxy) is 1. The zero-order valence-electron chi connectivity index (χ0n) is 6.23. The van der Waals surface area contributed by atoms with E-state index in [9.17, 15) is 0 Å². The Balaban J connectivity index is 2.38. The number of aliphatic imine (C=N–C) groups is 1. The third kappa shape index (κ3) is 3.00. The molecule has 1 heterocycles. The molecule has 3 nitrogen and oxygen atoms in total. The number of hydrogen-bond donors (Lipinski definition) is 1. The summed E-state index contributed by atoms with van der Waals surface area (Å²) >= 11 is 0. The van der Waals surface area contributed by atoms with Crippen LogP contribution in [0.15, 0.2) is 29.1 Å². The Morgan fingerprint density at radius 3 is 3.36 bits per heavy atom. The van der Waals surface area contributed by atoms with Gasteiger partial charge in [-0.15, -0.1) is 0 Å². The van der Waals surface area contributed by atoms with Crippen LogP contribution < -0.4 is 0 Å². The van der Waals surface area contributed by atoms with E-state index in [-0.39, 0.29) is 6.61 Å². The molecule has 0 fully saturated rings. The largest absolute Gasteiger partial charge is 0.491 e. The molecule has 1 aliphatic heterocycles. The van der Waals surface area contributed by atoms with Gasteiger partial charge in [-0.2, -0.15) is 0 Å². The highest BCUT2D eigenvalue weighted by atomic mass is 16.5.